The first kappa shape index (κ1) is 9.03. The zero-order chi connectivity index (χ0) is 8.97. The lowest BCUT2D eigenvalue weighted by atomic mass is 10.1. The molecule has 1 aliphatic carbocycles. The lowest BCUT2D eigenvalue weighted by Gasteiger charge is -2.20. The molecule has 0 aromatic carbocycles. The maximum Gasteiger partial charge on any atom is 0.0865 e. The highest BCUT2D eigenvalue weighted by Crippen LogP contribution is 2.27. The highest BCUT2D eigenvalue weighted by Gasteiger charge is 2.26. The van der Waals surface area contributed by atoms with Gasteiger partial charge in [-0.15, -0.1) is 0 Å². The molecule has 3 nitrogen and oxygen atoms in total. The average molecular weight is 163 g/mol. The van der Waals surface area contributed by atoms with Crippen LogP contribution in [0.4, 0.5) is 0 Å². The lowest BCUT2D eigenvalue weighted by molar-refractivity contribution is 0.271. The molecule has 0 amide bonds. The summed E-state index contributed by atoms with van der Waals surface area (Å²) in [6, 6.07) is 4.85. The summed E-state index contributed by atoms with van der Waals surface area (Å²) in [5.41, 5.74) is 0. The largest absolute Gasteiger partial charge is 0.291 e. The molecule has 1 rings (SSSR count). The van der Waals surface area contributed by atoms with E-state index >= 15 is 0 Å². The third kappa shape index (κ3) is 1.96. The van der Waals surface area contributed by atoms with Gasteiger partial charge < -0.3 is 0 Å². The van der Waals surface area contributed by atoms with Crippen LogP contribution in [-0.2, 0) is 0 Å². The zero-order valence-electron chi connectivity index (χ0n) is 7.32. The van der Waals surface area contributed by atoms with E-state index in [1.807, 2.05) is 11.9 Å². The number of rotatable bonds is 2. The molecule has 1 aliphatic rings. The Hall–Kier alpha value is -1.06. The molecular weight excluding hydrogens is 150 g/mol. The Morgan fingerprint density at radius 3 is 2.67 bits per heavy atom. The summed E-state index contributed by atoms with van der Waals surface area (Å²) in [7, 11) is 1.95. The topological polar surface area (TPSA) is 50.8 Å². The van der Waals surface area contributed by atoms with Crippen molar-refractivity contribution in [3.63, 3.8) is 0 Å². The zero-order valence-corrected chi connectivity index (χ0v) is 7.32. The van der Waals surface area contributed by atoms with Crippen LogP contribution in [0.15, 0.2) is 0 Å². The molecule has 1 fully saturated rings. The Balaban J connectivity index is 2.38. The highest BCUT2D eigenvalue weighted by molar-refractivity contribution is 4.94. The maximum atomic E-state index is 8.66. The first-order chi connectivity index (χ1) is 5.77. The summed E-state index contributed by atoms with van der Waals surface area (Å²) < 4.78 is 0. The van der Waals surface area contributed by atoms with Crippen molar-refractivity contribution in [3.8, 4) is 12.1 Å². The fourth-order valence-electron chi connectivity index (χ4n) is 1.72. The van der Waals surface area contributed by atoms with E-state index in [0.717, 1.165) is 19.3 Å². The van der Waals surface area contributed by atoms with Gasteiger partial charge in [0.15, 0.2) is 0 Å². The second-order valence-corrected chi connectivity index (χ2v) is 3.37. The van der Waals surface area contributed by atoms with Crippen molar-refractivity contribution < 1.29 is 0 Å². The van der Waals surface area contributed by atoms with Gasteiger partial charge in [0.25, 0.3) is 0 Å². The van der Waals surface area contributed by atoms with Crippen molar-refractivity contribution in [2.45, 2.75) is 25.3 Å². The molecule has 0 bridgehead atoms. The molecule has 0 aliphatic heterocycles. The third-order valence-corrected chi connectivity index (χ3v) is 2.53. The van der Waals surface area contributed by atoms with Gasteiger partial charge in [-0.25, -0.2) is 0 Å². The third-order valence-electron chi connectivity index (χ3n) is 2.53. The monoisotopic (exact) mass is 163 g/mol. The van der Waals surface area contributed by atoms with Crippen LogP contribution < -0.4 is 0 Å². The van der Waals surface area contributed by atoms with Crippen LogP contribution >= 0.6 is 0 Å². The van der Waals surface area contributed by atoms with Gasteiger partial charge in [-0.2, -0.15) is 10.5 Å². The Labute approximate surface area is 73.2 Å². The van der Waals surface area contributed by atoms with Crippen LogP contribution in [0, 0.1) is 28.6 Å². The normalized spacial score (nSPS) is 28.3. The van der Waals surface area contributed by atoms with E-state index in [1.165, 1.54) is 0 Å². The molecule has 0 saturated heterocycles. The van der Waals surface area contributed by atoms with Crippen LogP contribution in [0.3, 0.4) is 0 Å². The molecule has 1 saturated carbocycles. The van der Waals surface area contributed by atoms with Gasteiger partial charge in [-0.3, -0.25) is 4.90 Å². The van der Waals surface area contributed by atoms with Crippen molar-refractivity contribution in [2.75, 3.05) is 13.6 Å². The Bertz CT molecular complexity index is 223. The fraction of sp³-hybridized carbons (Fsp3) is 0.778. The summed E-state index contributed by atoms with van der Waals surface area (Å²) in [5.74, 6) is 0.219. The van der Waals surface area contributed by atoms with Gasteiger partial charge in [-0.05, 0) is 26.3 Å². The second-order valence-electron chi connectivity index (χ2n) is 3.37. The number of nitriles is 2. The fourth-order valence-corrected chi connectivity index (χ4v) is 1.72. The van der Waals surface area contributed by atoms with Crippen molar-refractivity contribution in [1.82, 2.24) is 4.90 Å². The molecule has 64 valence electrons. The maximum absolute atomic E-state index is 8.66. The average Bonchev–Trinajstić information content (AvgIpc) is 2.52. The molecule has 0 aromatic rings. The Morgan fingerprint density at radius 1 is 1.42 bits per heavy atom. The van der Waals surface area contributed by atoms with Crippen LogP contribution in [0.5, 0.6) is 0 Å². The predicted molar refractivity (Wildman–Crippen MR) is 45.0 cm³/mol. The van der Waals surface area contributed by atoms with Crippen molar-refractivity contribution in [2.24, 2.45) is 5.92 Å². The summed E-state index contributed by atoms with van der Waals surface area (Å²) in [6.45, 7) is 0.475. The minimum Gasteiger partial charge on any atom is -0.291 e. The van der Waals surface area contributed by atoms with Gasteiger partial charge in [0.05, 0.1) is 18.7 Å². The van der Waals surface area contributed by atoms with E-state index in [0.29, 0.717) is 12.6 Å². The minimum atomic E-state index is 0.219. The number of hydrogen-bond acceptors (Lipinski definition) is 3. The minimum absolute atomic E-state index is 0.219. The van der Waals surface area contributed by atoms with Crippen molar-refractivity contribution in [3.05, 3.63) is 0 Å². The molecule has 0 radical (unpaired) electrons. The summed E-state index contributed by atoms with van der Waals surface area (Å²) in [4.78, 5) is 2.04. The van der Waals surface area contributed by atoms with Gasteiger partial charge in [0, 0.05) is 12.0 Å². The number of hydrogen-bond donors (Lipinski definition) is 0. The Kier molecular flexibility index (Phi) is 3.08. The standard InChI is InChI=1S/C9H13N3/c1-12(5-4-10)9-3-2-8(6-9)7-11/h8-9H,2-3,5-6H2,1H3. The Morgan fingerprint density at radius 2 is 2.17 bits per heavy atom. The van der Waals surface area contributed by atoms with Crippen LogP contribution in [0.2, 0.25) is 0 Å². The molecule has 2 atom stereocenters. The van der Waals surface area contributed by atoms with Gasteiger partial charge in [0.1, 0.15) is 0 Å². The quantitative estimate of drug-likeness (QED) is 0.573. The van der Waals surface area contributed by atoms with E-state index in [1.54, 1.807) is 0 Å². The predicted octanol–water partition coefficient (Wildman–Crippen LogP) is 1.13. The SMILES string of the molecule is CN(CC#N)C1CCC(C#N)C1. The van der Waals surface area contributed by atoms with E-state index < -0.39 is 0 Å². The number of nitrogens with zero attached hydrogens (tertiary/aromatic N) is 3. The molecule has 0 heterocycles. The second kappa shape index (κ2) is 4.09. The lowest BCUT2D eigenvalue weighted by Crippen LogP contribution is -2.29. The molecule has 0 aromatic heterocycles. The van der Waals surface area contributed by atoms with Crippen LogP contribution in [-0.4, -0.2) is 24.5 Å². The molecular formula is C9H13N3. The van der Waals surface area contributed by atoms with Crippen molar-refractivity contribution >= 4 is 0 Å². The summed E-state index contributed by atoms with van der Waals surface area (Å²) in [5, 5.41) is 17.1. The van der Waals surface area contributed by atoms with Crippen LogP contribution in [0.1, 0.15) is 19.3 Å². The van der Waals surface area contributed by atoms with Gasteiger partial charge in [0.2, 0.25) is 0 Å². The summed E-state index contributed by atoms with van der Waals surface area (Å²) >= 11 is 0. The van der Waals surface area contributed by atoms with Crippen molar-refractivity contribution in [1.29, 1.82) is 10.5 Å². The molecule has 3 heteroatoms. The van der Waals surface area contributed by atoms with Gasteiger partial charge in [-0.1, -0.05) is 0 Å². The van der Waals surface area contributed by atoms with E-state index in [9.17, 15) is 0 Å². The molecule has 2 unspecified atom stereocenters. The highest BCUT2D eigenvalue weighted by atomic mass is 15.1. The molecule has 0 N–H and O–H groups in total. The smallest absolute Gasteiger partial charge is 0.0865 e. The summed E-state index contributed by atoms with van der Waals surface area (Å²) in [6.07, 6.45) is 3.00. The first-order valence-electron chi connectivity index (χ1n) is 4.24. The molecule has 0 spiro atoms. The van der Waals surface area contributed by atoms with Gasteiger partial charge >= 0.3 is 0 Å². The van der Waals surface area contributed by atoms with E-state index in [2.05, 4.69) is 12.1 Å². The van der Waals surface area contributed by atoms with E-state index in [4.69, 9.17) is 10.5 Å². The molecule has 12 heavy (non-hydrogen) atoms. The van der Waals surface area contributed by atoms with E-state index in [-0.39, 0.29) is 5.92 Å². The van der Waals surface area contributed by atoms with Crippen LogP contribution in [0.25, 0.3) is 0 Å². The first-order valence-corrected chi connectivity index (χ1v) is 4.24.